The van der Waals surface area contributed by atoms with E-state index in [-0.39, 0.29) is 5.60 Å². The third-order valence-corrected chi connectivity index (χ3v) is 6.22. The summed E-state index contributed by atoms with van der Waals surface area (Å²) in [5.41, 5.74) is 3.42. The van der Waals surface area contributed by atoms with Crippen LogP contribution in [-0.4, -0.2) is 23.8 Å². The highest BCUT2D eigenvalue weighted by atomic mass is 16.5. The summed E-state index contributed by atoms with van der Waals surface area (Å²) in [4.78, 5) is 0. The molecule has 2 N–H and O–H groups in total. The maximum atomic E-state index is 10.9. The van der Waals surface area contributed by atoms with Crippen molar-refractivity contribution in [3.63, 3.8) is 0 Å². The van der Waals surface area contributed by atoms with Crippen LogP contribution in [0.3, 0.4) is 0 Å². The SMILES string of the molecule is CCCCCc1cc(O)c2c(c1)OC(C)(CNCC)[C@@H]1CC=C(C)C[C@@H]21. The first-order valence-corrected chi connectivity index (χ1v) is 10.4. The summed E-state index contributed by atoms with van der Waals surface area (Å²) < 4.78 is 6.60. The molecule has 1 aromatic carbocycles. The van der Waals surface area contributed by atoms with Crippen molar-refractivity contribution in [1.82, 2.24) is 5.32 Å². The molecular weight excluding hydrogens is 322 g/mol. The molecule has 3 rings (SSSR count). The Hall–Kier alpha value is -1.48. The number of phenolic OH excluding ortho intramolecular Hbond substituents is 1. The Bertz CT molecular complexity index is 666. The van der Waals surface area contributed by atoms with Crippen LogP contribution in [0, 0.1) is 5.92 Å². The van der Waals surface area contributed by atoms with Gasteiger partial charge in [0.15, 0.2) is 0 Å². The van der Waals surface area contributed by atoms with Crippen LogP contribution < -0.4 is 10.1 Å². The Morgan fingerprint density at radius 3 is 2.81 bits per heavy atom. The number of benzene rings is 1. The summed E-state index contributed by atoms with van der Waals surface area (Å²) in [6.45, 7) is 10.6. The summed E-state index contributed by atoms with van der Waals surface area (Å²) in [5.74, 6) is 2.09. The van der Waals surface area contributed by atoms with Crippen LogP contribution in [0.4, 0.5) is 0 Å². The lowest BCUT2D eigenvalue weighted by Gasteiger charge is -2.48. The van der Waals surface area contributed by atoms with Crippen LogP contribution in [0.5, 0.6) is 11.5 Å². The van der Waals surface area contributed by atoms with Gasteiger partial charge in [-0.25, -0.2) is 0 Å². The van der Waals surface area contributed by atoms with E-state index >= 15 is 0 Å². The summed E-state index contributed by atoms with van der Waals surface area (Å²) in [5, 5.41) is 14.3. The average molecular weight is 358 g/mol. The molecule has 3 nitrogen and oxygen atoms in total. The number of ether oxygens (including phenoxy) is 1. The number of aromatic hydroxyl groups is 1. The van der Waals surface area contributed by atoms with Crippen LogP contribution in [-0.2, 0) is 6.42 Å². The molecule has 0 radical (unpaired) electrons. The maximum absolute atomic E-state index is 10.9. The quantitative estimate of drug-likeness (QED) is 0.512. The van der Waals surface area contributed by atoms with Crippen LogP contribution in [0.2, 0.25) is 0 Å². The molecule has 0 fully saturated rings. The van der Waals surface area contributed by atoms with E-state index in [1.54, 1.807) is 0 Å². The van der Waals surface area contributed by atoms with Gasteiger partial charge in [0.1, 0.15) is 17.1 Å². The van der Waals surface area contributed by atoms with E-state index in [2.05, 4.69) is 45.2 Å². The first-order valence-electron chi connectivity index (χ1n) is 10.4. The lowest BCUT2D eigenvalue weighted by molar-refractivity contribution is -0.00751. The maximum Gasteiger partial charge on any atom is 0.127 e. The monoisotopic (exact) mass is 357 g/mol. The van der Waals surface area contributed by atoms with Gasteiger partial charge in [0.05, 0.1) is 0 Å². The molecule has 3 atom stereocenters. The summed E-state index contributed by atoms with van der Waals surface area (Å²) in [6.07, 6.45) is 9.01. The molecule has 0 saturated carbocycles. The number of unbranched alkanes of at least 4 members (excludes halogenated alkanes) is 2. The predicted octanol–water partition coefficient (Wildman–Crippen LogP) is 5.33. The van der Waals surface area contributed by atoms with Crippen molar-refractivity contribution in [3.05, 3.63) is 34.9 Å². The number of fused-ring (bicyclic) bond motifs is 3. The van der Waals surface area contributed by atoms with Gasteiger partial charge in [0.25, 0.3) is 0 Å². The minimum atomic E-state index is -0.237. The van der Waals surface area contributed by atoms with E-state index in [1.807, 2.05) is 6.07 Å². The topological polar surface area (TPSA) is 41.5 Å². The van der Waals surface area contributed by atoms with Crippen molar-refractivity contribution in [1.29, 1.82) is 0 Å². The van der Waals surface area contributed by atoms with Crippen molar-refractivity contribution in [2.75, 3.05) is 13.1 Å². The molecule has 26 heavy (non-hydrogen) atoms. The van der Waals surface area contributed by atoms with Gasteiger partial charge in [-0.05, 0) is 63.8 Å². The highest BCUT2D eigenvalue weighted by molar-refractivity contribution is 5.52. The molecule has 0 amide bonds. The molecule has 144 valence electrons. The number of nitrogens with one attached hydrogen (secondary N) is 1. The van der Waals surface area contributed by atoms with Crippen LogP contribution >= 0.6 is 0 Å². The van der Waals surface area contributed by atoms with Crippen molar-refractivity contribution in [2.24, 2.45) is 5.92 Å². The number of hydrogen-bond acceptors (Lipinski definition) is 3. The molecule has 2 aliphatic rings. The molecule has 0 aromatic heterocycles. The predicted molar refractivity (Wildman–Crippen MR) is 108 cm³/mol. The molecule has 3 heteroatoms. The minimum Gasteiger partial charge on any atom is -0.508 e. The normalized spacial score (nSPS) is 27.3. The fraction of sp³-hybridized carbons (Fsp3) is 0.652. The van der Waals surface area contributed by atoms with Crippen molar-refractivity contribution < 1.29 is 9.84 Å². The van der Waals surface area contributed by atoms with Gasteiger partial charge in [0.2, 0.25) is 0 Å². The molecule has 1 heterocycles. The number of allylic oxidation sites excluding steroid dienone is 2. The fourth-order valence-corrected chi connectivity index (χ4v) is 4.76. The molecule has 1 aliphatic carbocycles. The van der Waals surface area contributed by atoms with Crippen molar-refractivity contribution in [2.45, 2.75) is 77.7 Å². The van der Waals surface area contributed by atoms with E-state index in [4.69, 9.17) is 4.74 Å². The van der Waals surface area contributed by atoms with E-state index in [1.165, 1.54) is 24.0 Å². The zero-order chi connectivity index (χ0) is 18.7. The van der Waals surface area contributed by atoms with E-state index in [9.17, 15) is 5.11 Å². The lowest BCUT2D eigenvalue weighted by atomic mass is 9.66. The molecule has 1 aliphatic heterocycles. The van der Waals surface area contributed by atoms with E-state index in [0.29, 0.717) is 17.6 Å². The van der Waals surface area contributed by atoms with Gasteiger partial charge in [-0.2, -0.15) is 0 Å². The third-order valence-electron chi connectivity index (χ3n) is 6.22. The van der Waals surface area contributed by atoms with Gasteiger partial charge < -0.3 is 15.2 Å². The second kappa shape index (κ2) is 8.04. The highest BCUT2D eigenvalue weighted by Crippen LogP contribution is 2.54. The largest absolute Gasteiger partial charge is 0.508 e. The van der Waals surface area contributed by atoms with E-state index in [0.717, 1.165) is 50.1 Å². The minimum absolute atomic E-state index is 0.237. The molecule has 1 aromatic rings. The zero-order valence-electron chi connectivity index (χ0n) is 16.9. The van der Waals surface area contributed by atoms with Gasteiger partial charge in [-0.15, -0.1) is 0 Å². The average Bonchev–Trinajstić information content (AvgIpc) is 2.59. The first kappa shape index (κ1) is 19.3. The van der Waals surface area contributed by atoms with Gasteiger partial charge in [-0.3, -0.25) is 0 Å². The van der Waals surface area contributed by atoms with Crippen molar-refractivity contribution >= 4 is 0 Å². The summed E-state index contributed by atoms with van der Waals surface area (Å²) in [7, 11) is 0. The van der Waals surface area contributed by atoms with Gasteiger partial charge in [0, 0.05) is 23.9 Å². The lowest BCUT2D eigenvalue weighted by Crippen LogP contribution is -2.54. The summed E-state index contributed by atoms with van der Waals surface area (Å²) in [6, 6.07) is 4.17. The Balaban J connectivity index is 1.97. The molecule has 1 unspecified atom stereocenters. The van der Waals surface area contributed by atoms with Crippen LogP contribution in [0.25, 0.3) is 0 Å². The number of hydrogen-bond donors (Lipinski definition) is 2. The third kappa shape index (κ3) is 3.78. The zero-order valence-corrected chi connectivity index (χ0v) is 16.9. The second-order valence-corrected chi connectivity index (χ2v) is 8.38. The number of rotatable bonds is 7. The second-order valence-electron chi connectivity index (χ2n) is 8.38. The Morgan fingerprint density at radius 1 is 1.27 bits per heavy atom. The van der Waals surface area contributed by atoms with Gasteiger partial charge in [-0.1, -0.05) is 38.3 Å². The number of likely N-dealkylation sites (N-methyl/N-ethyl adjacent to an activating group) is 1. The number of phenols is 1. The van der Waals surface area contributed by atoms with E-state index < -0.39 is 0 Å². The smallest absolute Gasteiger partial charge is 0.127 e. The molecule has 0 saturated heterocycles. The van der Waals surface area contributed by atoms with Crippen LogP contribution in [0.15, 0.2) is 23.8 Å². The Kier molecular flexibility index (Phi) is 5.96. The highest BCUT2D eigenvalue weighted by Gasteiger charge is 2.48. The van der Waals surface area contributed by atoms with Crippen LogP contribution in [0.1, 0.15) is 76.8 Å². The van der Waals surface area contributed by atoms with Crippen molar-refractivity contribution in [3.8, 4) is 11.5 Å². The summed E-state index contributed by atoms with van der Waals surface area (Å²) >= 11 is 0. The Labute approximate surface area is 158 Å². The Morgan fingerprint density at radius 2 is 2.08 bits per heavy atom. The number of aryl methyl sites for hydroxylation is 1. The standard InChI is InChI=1S/C23H35NO2/c1-5-7-8-9-17-13-20(25)22-18-12-16(3)10-11-19(18)23(4,15-24-6-2)26-21(22)14-17/h10,13-14,18-19,24-25H,5-9,11-12,15H2,1-4H3/t18-,19-,23?/m1/s1. The molecule has 0 bridgehead atoms. The first-order chi connectivity index (χ1) is 12.5. The molecular formula is C23H35NO2. The van der Waals surface area contributed by atoms with Gasteiger partial charge >= 0.3 is 0 Å². The molecule has 0 spiro atoms. The fourth-order valence-electron chi connectivity index (χ4n) is 4.76.